The normalized spacial score (nSPS) is 16.4. The second kappa shape index (κ2) is 40.6. The van der Waals surface area contributed by atoms with Crippen molar-refractivity contribution in [2.45, 2.75) is 207 Å². The number of rotatable bonds is 10. The molecule has 0 aromatic carbocycles. The zero-order valence-electron chi connectivity index (χ0n) is 58.4. The van der Waals surface area contributed by atoms with Gasteiger partial charge < -0.3 is 31.9 Å². The van der Waals surface area contributed by atoms with Gasteiger partial charge in [0.25, 0.3) is 0 Å². The second-order valence-corrected chi connectivity index (χ2v) is 24.7. The van der Waals surface area contributed by atoms with E-state index in [4.69, 9.17) is 0 Å². The Morgan fingerprint density at radius 3 is 1.47 bits per heavy atom. The number of Topliss-reactive ketones (excluding diaryl/α,β-unsaturated/α-hetero) is 1. The molecule has 2 aromatic rings. The van der Waals surface area contributed by atoms with Gasteiger partial charge in [0, 0.05) is 91.3 Å². The summed E-state index contributed by atoms with van der Waals surface area (Å²) in [4.78, 5) is 114. The minimum Gasteiger partial charge on any atom is -0.331 e. The first-order valence-corrected chi connectivity index (χ1v) is 31.2. The number of aryl methyl sites for hydroxylation is 2. The van der Waals surface area contributed by atoms with Crippen LogP contribution in [-0.4, -0.2) is 145 Å². The highest BCUT2D eigenvalue weighted by atomic mass is 79.9. The van der Waals surface area contributed by atoms with Gasteiger partial charge in [-0.1, -0.05) is 40.3 Å². The molecule has 1 unspecified atom stereocenters. The Kier molecular flexibility index (Phi) is 36.5. The third-order valence-corrected chi connectivity index (χ3v) is 13.6. The molecule has 0 saturated heterocycles. The van der Waals surface area contributed by atoms with Gasteiger partial charge in [-0.15, -0.1) is 0 Å². The molecule has 8 rings (SSSR count). The molecule has 530 valence electrons. The third-order valence-electron chi connectivity index (χ3n) is 12.9. The minimum absolute atomic E-state index is 0. The Labute approximate surface area is 572 Å². The van der Waals surface area contributed by atoms with E-state index >= 15 is 0 Å². The van der Waals surface area contributed by atoms with Gasteiger partial charge in [-0.05, 0) is 173 Å². The van der Waals surface area contributed by atoms with Crippen molar-refractivity contribution in [1.29, 1.82) is 0 Å². The maximum atomic E-state index is 12.9. The summed E-state index contributed by atoms with van der Waals surface area (Å²) in [5, 5.41) is 26.2. The van der Waals surface area contributed by atoms with E-state index in [1.807, 2.05) is 109 Å². The first kappa shape index (κ1) is 86.4. The van der Waals surface area contributed by atoms with Gasteiger partial charge in [0.15, 0.2) is 11.6 Å². The zero-order valence-corrected chi connectivity index (χ0v) is 60.0. The number of nitrogens with one attached hydrogen (secondary N) is 6. The quantitative estimate of drug-likeness (QED) is 0.130. The van der Waals surface area contributed by atoms with Gasteiger partial charge in [-0.2, -0.15) is 20.2 Å². The summed E-state index contributed by atoms with van der Waals surface area (Å²) in [6.45, 7) is 54.9. The number of allylic oxidation sites excluding steroid dienone is 5. The molecule has 0 aliphatic carbocycles. The number of carbonyl (C=O) groups excluding carboxylic acids is 7. The molecule has 2 aromatic heterocycles. The first-order chi connectivity index (χ1) is 43.9. The number of aromatic nitrogens is 4. The fourth-order valence-electron chi connectivity index (χ4n) is 7.52. The average Bonchev–Trinajstić information content (AvgIpc) is 0.933. The molecule has 0 spiro atoms. The number of nitrogens with zero attached hydrogens (tertiary/aromatic N) is 12. The molecule has 1 atom stereocenters. The summed E-state index contributed by atoms with van der Waals surface area (Å²) in [5.41, 5.74) is 3.50. The van der Waals surface area contributed by atoms with Crippen LogP contribution in [0.25, 0.3) is 0 Å². The van der Waals surface area contributed by atoms with E-state index < -0.39 is 17.3 Å². The summed E-state index contributed by atoms with van der Waals surface area (Å²) in [6, 6.07) is 1.31. The molecule has 0 bridgehead atoms. The Hall–Kier alpha value is -9.61. The maximum absolute atomic E-state index is 12.9. The number of hydrazone groups is 2. The van der Waals surface area contributed by atoms with Crippen LogP contribution in [-0.2, 0) is 4.79 Å². The summed E-state index contributed by atoms with van der Waals surface area (Å²) in [7, 11) is 0. The van der Waals surface area contributed by atoms with E-state index in [0.29, 0.717) is 29.2 Å². The van der Waals surface area contributed by atoms with Gasteiger partial charge in [-0.25, -0.2) is 57.2 Å². The lowest BCUT2D eigenvalue weighted by Crippen LogP contribution is -2.48. The Bertz CT molecular complexity index is 3290. The first-order valence-electron chi connectivity index (χ1n) is 30.5. The number of hydrogen-bond donors (Lipinski definition) is 6. The van der Waals surface area contributed by atoms with Crippen LogP contribution in [0, 0.1) is 19.7 Å². The van der Waals surface area contributed by atoms with Gasteiger partial charge in [0.2, 0.25) is 0 Å². The molecule has 96 heavy (non-hydrogen) atoms. The minimum atomic E-state index is -0.497. The van der Waals surface area contributed by atoms with E-state index in [0.717, 1.165) is 22.1 Å². The number of halogens is 3. The molecule has 0 fully saturated rings. The molecule has 6 aliphatic heterocycles. The molecule has 0 saturated carbocycles. The molecule has 27 nitrogen and oxygen atoms in total. The monoisotopic (exact) mass is 1410 g/mol. The molecule has 6 N–H and O–H groups in total. The Morgan fingerprint density at radius 2 is 1.01 bits per heavy atom. The van der Waals surface area contributed by atoms with E-state index in [-0.39, 0.29) is 121 Å². The van der Waals surface area contributed by atoms with Crippen LogP contribution in [0.2, 0.25) is 0 Å². The number of amides is 12. The number of carbonyl (C=O) groups is 7. The lowest BCUT2D eigenvalue weighted by Gasteiger charge is -2.29. The topological polar surface area (TPSA) is 306 Å². The van der Waals surface area contributed by atoms with Crippen molar-refractivity contribution in [3.05, 3.63) is 165 Å². The third kappa shape index (κ3) is 28.9. The van der Waals surface area contributed by atoms with Crippen LogP contribution in [0.3, 0.4) is 0 Å². The van der Waals surface area contributed by atoms with E-state index in [1.165, 1.54) is 45.7 Å². The summed E-state index contributed by atoms with van der Waals surface area (Å²) < 4.78 is 29.4. The van der Waals surface area contributed by atoms with E-state index in [1.54, 1.807) is 77.8 Å². The Morgan fingerprint density at radius 1 is 0.552 bits per heavy atom. The predicted molar refractivity (Wildman–Crippen MR) is 378 cm³/mol. The van der Waals surface area contributed by atoms with Crippen molar-refractivity contribution in [2.75, 3.05) is 0 Å². The second-order valence-electron chi connectivity index (χ2n) is 23.8. The zero-order chi connectivity index (χ0) is 73.2. The van der Waals surface area contributed by atoms with Crippen LogP contribution < -0.4 is 43.3 Å². The molecular weight excluding hydrogens is 1310 g/mol. The van der Waals surface area contributed by atoms with Crippen LogP contribution in [0.15, 0.2) is 147 Å². The molecule has 12 amide bonds. The van der Waals surface area contributed by atoms with Gasteiger partial charge in [0.05, 0.1) is 63.0 Å². The predicted octanol–water partition coefficient (Wildman–Crippen LogP) is 11.9. The van der Waals surface area contributed by atoms with Gasteiger partial charge >= 0.3 is 47.6 Å². The summed E-state index contributed by atoms with van der Waals surface area (Å²) in [6.07, 6.45) is 14.9. The molecule has 30 heteroatoms. The highest BCUT2D eigenvalue weighted by molar-refractivity contribution is 9.12. The largest absolute Gasteiger partial charge is 0.348 e. The van der Waals surface area contributed by atoms with Gasteiger partial charge in [0.1, 0.15) is 5.78 Å². The van der Waals surface area contributed by atoms with E-state index in [9.17, 15) is 51.9 Å². The van der Waals surface area contributed by atoms with Crippen molar-refractivity contribution in [3.63, 3.8) is 0 Å². The van der Waals surface area contributed by atoms with E-state index in [2.05, 4.69) is 101 Å². The van der Waals surface area contributed by atoms with Crippen molar-refractivity contribution in [1.82, 2.24) is 80.6 Å². The van der Waals surface area contributed by atoms with Crippen LogP contribution in [0.1, 0.15) is 162 Å². The standard InChI is InChI=1S/C10H16N2O2.C8H11BrN2O.2C8H11FN2O.C8H13N3O.2C8H12N2O.C7H11N3O.CH4/c1-7(2)12-5-4-9(6-8(3)13)11-10(12)14;3*1-5(2)11-4-7(9)6(3)10-8(11)12;1-5(2)11-8(12)9-6(3)7(4)10-11;2*1-6(2)10-5-4-7(3)9-8(10)11;1-5(2)10-7(11)9-6(3)4-8-10;/h4-5,7,9H,6H2,1-3H3,(H,11,14);4-5H,3H2,1-2H3,(H,10,12);4-5H,1-3H3;4-5H,3H2,1-2H3,(H,10,12);5H,3H2,1-2,4H3,(H,9,12);4-6H,1-3H3;4-6H,3H2,1-2H3,(H,9,11);4-5H,3H2,1-2H3,(H,9,11);1H4. The fraction of sp³-hybridized carbons (Fsp3) is 0.470. The smallest absolute Gasteiger partial charge is 0.331 e. The average molecular weight is 1410 g/mol. The summed E-state index contributed by atoms with van der Waals surface area (Å²) in [5.74, 6) is -0.857. The van der Waals surface area contributed by atoms with Crippen LogP contribution in [0.5, 0.6) is 0 Å². The highest BCUT2D eigenvalue weighted by Crippen LogP contribution is 2.21. The summed E-state index contributed by atoms with van der Waals surface area (Å²) >= 11 is 3.30. The maximum Gasteiger partial charge on any atom is 0.348 e. The van der Waals surface area contributed by atoms with Crippen molar-refractivity contribution in [3.8, 4) is 0 Å². The highest BCUT2D eigenvalue weighted by Gasteiger charge is 2.26. The van der Waals surface area contributed by atoms with Crippen LogP contribution >= 0.6 is 15.9 Å². The fourth-order valence-corrected chi connectivity index (χ4v) is 7.84. The van der Waals surface area contributed by atoms with Crippen molar-refractivity contribution < 1.29 is 42.3 Å². The van der Waals surface area contributed by atoms with Crippen LogP contribution in [0.4, 0.5) is 37.5 Å². The number of hydrogen-bond acceptors (Lipinski definition) is 13. The van der Waals surface area contributed by atoms with Gasteiger partial charge in [-0.3, -0.25) is 33.5 Å². The molecule has 6 aliphatic rings. The number of ketones is 1. The lowest BCUT2D eigenvalue weighted by molar-refractivity contribution is -0.117. The molecule has 0 radical (unpaired) electrons. The van der Waals surface area contributed by atoms with Crippen molar-refractivity contribution >= 4 is 69.8 Å². The molecular formula is C66H101BrF2N18O9. The Balaban J connectivity index is 0.00000107. The molecule has 8 heterocycles. The van der Waals surface area contributed by atoms with Crippen molar-refractivity contribution in [2.24, 2.45) is 10.2 Å². The lowest BCUT2D eigenvalue weighted by atomic mass is 10.1. The SMILES string of the molecule is C.C=C1C=CN(C(C)C)C(=O)N1.C=C1C=NN(C(C)C)C(=O)N1.C=C1NC(=O)N(C(C)C)C=C1Br.C=C1NC(=O)N(C(C)C)C=C1F.C=C1NC(=O)N(C(C)C)N=C1C.CC(=O)CC1C=CN(C(C)C)C(=O)N1.Cc1ccn(C(C)C)c(=O)n1.Cc1nc(=O)n(C(C)C)cc1F. The number of urea groups is 6.